The lowest BCUT2D eigenvalue weighted by atomic mass is 10.2. The van der Waals surface area contributed by atoms with Crippen molar-refractivity contribution in [3.8, 4) is 12.3 Å². The Hall–Kier alpha value is -1.86. The van der Waals surface area contributed by atoms with E-state index in [1.807, 2.05) is 12.1 Å². The SMILES string of the molecule is C#C[C@@H](O)CCO[Si](c1ccccc1)(c1ccccc1)C(C)(C)C. The minimum Gasteiger partial charge on any atom is -0.407 e. The molecule has 0 aliphatic carbocycles. The number of aliphatic hydroxyl groups excluding tert-OH is 1. The number of aliphatic hydroxyl groups is 1. The summed E-state index contributed by atoms with van der Waals surface area (Å²) in [5.74, 6) is 2.36. The lowest BCUT2D eigenvalue weighted by Crippen LogP contribution is -2.66. The molecule has 0 amide bonds. The first-order valence-electron chi connectivity index (χ1n) is 8.31. The predicted octanol–water partition coefficient (Wildman–Crippen LogP) is 2.95. The van der Waals surface area contributed by atoms with Crippen LogP contribution in [0, 0.1) is 12.3 Å². The highest BCUT2D eigenvalue weighted by atomic mass is 28.4. The van der Waals surface area contributed by atoms with Crippen molar-refractivity contribution in [3.63, 3.8) is 0 Å². The minimum atomic E-state index is -2.51. The molecule has 2 nitrogen and oxygen atoms in total. The summed E-state index contributed by atoms with van der Waals surface area (Å²) in [6, 6.07) is 20.9. The Bertz CT molecular complexity index is 629. The summed E-state index contributed by atoms with van der Waals surface area (Å²) in [4.78, 5) is 0. The predicted molar refractivity (Wildman–Crippen MR) is 103 cm³/mol. The van der Waals surface area contributed by atoms with Gasteiger partial charge < -0.3 is 9.53 Å². The Labute approximate surface area is 146 Å². The quantitative estimate of drug-likeness (QED) is 0.648. The fourth-order valence-electron chi connectivity index (χ4n) is 3.17. The molecule has 0 spiro atoms. The lowest BCUT2D eigenvalue weighted by molar-refractivity contribution is 0.181. The van der Waals surface area contributed by atoms with Crippen molar-refractivity contribution in [1.29, 1.82) is 0 Å². The molecule has 0 aliphatic rings. The van der Waals surface area contributed by atoms with Crippen molar-refractivity contribution in [1.82, 2.24) is 0 Å². The van der Waals surface area contributed by atoms with Crippen molar-refractivity contribution in [3.05, 3.63) is 60.7 Å². The van der Waals surface area contributed by atoms with Crippen LogP contribution in [0.25, 0.3) is 0 Å². The van der Waals surface area contributed by atoms with E-state index in [2.05, 4.69) is 75.2 Å². The van der Waals surface area contributed by atoms with Gasteiger partial charge in [-0.25, -0.2) is 0 Å². The molecule has 3 heteroatoms. The molecule has 126 valence electrons. The van der Waals surface area contributed by atoms with Crippen LogP contribution in [-0.2, 0) is 4.43 Å². The molecule has 1 atom stereocenters. The highest BCUT2D eigenvalue weighted by Crippen LogP contribution is 2.36. The van der Waals surface area contributed by atoms with E-state index in [0.29, 0.717) is 13.0 Å². The molecule has 2 rings (SSSR count). The number of hydrogen-bond donors (Lipinski definition) is 1. The third-order valence-corrected chi connectivity index (χ3v) is 9.36. The van der Waals surface area contributed by atoms with Gasteiger partial charge in [0.15, 0.2) is 0 Å². The zero-order valence-corrected chi connectivity index (χ0v) is 15.7. The molecule has 2 aromatic carbocycles. The van der Waals surface area contributed by atoms with E-state index in [4.69, 9.17) is 10.8 Å². The highest BCUT2D eigenvalue weighted by molar-refractivity contribution is 6.99. The molecule has 0 saturated carbocycles. The molecular weight excluding hydrogens is 312 g/mol. The first-order chi connectivity index (χ1) is 11.4. The zero-order valence-electron chi connectivity index (χ0n) is 14.7. The van der Waals surface area contributed by atoms with Crippen LogP contribution in [0.15, 0.2) is 60.7 Å². The molecule has 1 N–H and O–H groups in total. The summed E-state index contributed by atoms with van der Waals surface area (Å²) >= 11 is 0. The van der Waals surface area contributed by atoms with Gasteiger partial charge in [-0.15, -0.1) is 6.42 Å². The number of rotatable bonds is 6. The van der Waals surface area contributed by atoms with Gasteiger partial charge in [-0.1, -0.05) is 87.4 Å². The lowest BCUT2D eigenvalue weighted by Gasteiger charge is -2.43. The number of terminal acetylenes is 1. The van der Waals surface area contributed by atoms with Crippen LogP contribution in [-0.4, -0.2) is 26.1 Å². The normalized spacial score (nSPS) is 13.3. The van der Waals surface area contributed by atoms with Crippen LogP contribution >= 0.6 is 0 Å². The van der Waals surface area contributed by atoms with Gasteiger partial charge >= 0.3 is 0 Å². The first-order valence-corrected chi connectivity index (χ1v) is 10.2. The number of hydrogen-bond acceptors (Lipinski definition) is 2. The smallest absolute Gasteiger partial charge is 0.261 e. The van der Waals surface area contributed by atoms with Crippen LogP contribution < -0.4 is 10.4 Å². The first kappa shape index (κ1) is 18.5. The minimum absolute atomic E-state index is 0.0587. The van der Waals surface area contributed by atoms with Gasteiger partial charge in [-0.05, 0) is 15.4 Å². The fourth-order valence-corrected chi connectivity index (χ4v) is 7.75. The van der Waals surface area contributed by atoms with Crippen molar-refractivity contribution in [2.24, 2.45) is 0 Å². The summed E-state index contributed by atoms with van der Waals surface area (Å²) < 4.78 is 6.62. The molecule has 2 aromatic rings. The van der Waals surface area contributed by atoms with Gasteiger partial charge in [0.1, 0.15) is 6.10 Å². The van der Waals surface area contributed by atoms with Gasteiger partial charge in [0.25, 0.3) is 8.32 Å². The molecule has 0 aromatic heterocycles. The van der Waals surface area contributed by atoms with Gasteiger partial charge in [0, 0.05) is 13.0 Å². The van der Waals surface area contributed by atoms with E-state index in [1.54, 1.807) is 0 Å². The van der Waals surface area contributed by atoms with Gasteiger partial charge in [-0.3, -0.25) is 0 Å². The zero-order chi connectivity index (χ0) is 17.6. The molecule has 0 heterocycles. The Morgan fingerprint density at radius 3 is 1.83 bits per heavy atom. The van der Waals surface area contributed by atoms with Crippen LogP contribution in [0.5, 0.6) is 0 Å². The van der Waals surface area contributed by atoms with E-state index in [0.717, 1.165) is 0 Å². The van der Waals surface area contributed by atoms with Crippen molar-refractivity contribution < 1.29 is 9.53 Å². The molecule has 0 radical (unpaired) electrons. The van der Waals surface area contributed by atoms with Crippen LogP contribution in [0.3, 0.4) is 0 Å². The molecule has 24 heavy (non-hydrogen) atoms. The van der Waals surface area contributed by atoms with Gasteiger partial charge in [0.2, 0.25) is 0 Å². The topological polar surface area (TPSA) is 29.5 Å². The van der Waals surface area contributed by atoms with E-state index < -0.39 is 14.4 Å². The van der Waals surface area contributed by atoms with E-state index in [-0.39, 0.29) is 5.04 Å². The Kier molecular flexibility index (Phi) is 6.01. The summed E-state index contributed by atoms with van der Waals surface area (Å²) in [6.07, 6.45) is 4.97. The van der Waals surface area contributed by atoms with E-state index in [9.17, 15) is 5.11 Å². The molecular formula is C21H26O2Si. The average molecular weight is 339 g/mol. The fraction of sp³-hybridized carbons (Fsp3) is 0.333. The van der Waals surface area contributed by atoms with Crippen LogP contribution in [0.2, 0.25) is 5.04 Å². The third-order valence-electron chi connectivity index (χ3n) is 4.32. The number of benzene rings is 2. The second-order valence-electron chi connectivity index (χ2n) is 6.98. The van der Waals surface area contributed by atoms with Crippen molar-refractivity contribution >= 4 is 18.7 Å². The summed E-state index contributed by atoms with van der Waals surface area (Å²) in [7, 11) is -2.51. The standard InChI is InChI=1S/C21H26O2Si/c1-5-18(22)16-17-23-24(21(2,3)4,19-12-8-6-9-13-19)20-14-10-7-11-15-20/h1,6-15,18,22H,16-17H2,2-4H3/t18-/m1/s1. The summed E-state index contributed by atoms with van der Waals surface area (Å²) in [5, 5.41) is 12.1. The second kappa shape index (κ2) is 7.81. The maximum absolute atomic E-state index is 9.70. The molecule has 0 saturated heterocycles. The second-order valence-corrected chi connectivity index (χ2v) is 11.3. The summed E-state index contributed by atoms with van der Waals surface area (Å²) in [5.41, 5.74) is 0. The van der Waals surface area contributed by atoms with Crippen molar-refractivity contribution in [2.45, 2.75) is 38.3 Å². The highest BCUT2D eigenvalue weighted by Gasteiger charge is 2.49. The van der Waals surface area contributed by atoms with Gasteiger partial charge in [-0.2, -0.15) is 0 Å². The molecule has 0 bridgehead atoms. The van der Waals surface area contributed by atoms with Crippen LogP contribution in [0.4, 0.5) is 0 Å². The molecule has 0 unspecified atom stereocenters. The van der Waals surface area contributed by atoms with Crippen LogP contribution in [0.1, 0.15) is 27.2 Å². The molecule has 0 aliphatic heterocycles. The third kappa shape index (κ3) is 3.79. The summed E-state index contributed by atoms with van der Waals surface area (Å²) in [6.45, 7) is 7.14. The maximum Gasteiger partial charge on any atom is 0.261 e. The molecule has 0 fully saturated rings. The largest absolute Gasteiger partial charge is 0.407 e. The Morgan fingerprint density at radius 2 is 1.46 bits per heavy atom. The Balaban J connectivity index is 2.52. The average Bonchev–Trinajstić information content (AvgIpc) is 2.59. The van der Waals surface area contributed by atoms with E-state index >= 15 is 0 Å². The maximum atomic E-state index is 9.70. The van der Waals surface area contributed by atoms with E-state index in [1.165, 1.54) is 10.4 Å². The van der Waals surface area contributed by atoms with Crippen molar-refractivity contribution in [2.75, 3.05) is 6.61 Å². The Morgan fingerprint density at radius 1 is 1.00 bits per heavy atom. The van der Waals surface area contributed by atoms with Gasteiger partial charge in [0.05, 0.1) is 0 Å². The monoisotopic (exact) mass is 338 g/mol.